The summed E-state index contributed by atoms with van der Waals surface area (Å²) in [5, 5.41) is 17.5. The van der Waals surface area contributed by atoms with Crippen molar-refractivity contribution in [3.8, 4) is 6.07 Å². The number of carboxylic acids is 1. The SMILES string of the molecule is N#Cc1ccc(N2CCC(C(=O)O)C2=O)cc1. The summed E-state index contributed by atoms with van der Waals surface area (Å²) in [6.45, 7) is 0.404. The van der Waals surface area contributed by atoms with Gasteiger partial charge >= 0.3 is 5.97 Å². The molecule has 1 aliphatic rings. The molecular formula is C12H10N2O3. The van der Waals surface area contributed by atoms with Gasteiger partial charge in [-0.15, -0.1) is 0 Å². The van der Waals surface area contributed by atoms with Crippen molar-refractivity contribution in [3.63, 3.8) is 0 Å². The molecule has 0 aliphatic carbocycles. The Balaban J connectivity index is 2.22. The molecular weight excluding hydrogens is 220 g/mol. The first kappa shape index (κ1) is 11.1. The molecule has 1 saturated heterocycles. The summed E-state index contributed by atoms with van der Waals surface area (Å²) in [7, 11) is 0. The number of hydrogen-bond acceptors (Lipinski definition) is 3. The number of nitrogens with zero attached hydrogens (tertiary/aromatic N) is 2. The fourth-order valence-corrected chi connectivity index (χ4v) is 1.88. The number of nitriles is 1. The van der Waals surface area contributed by atoms with Crippen LogP contribution < -0.4 is 4.90 Å². The summed E-state index contributed by atoms with van der Waals surface area (Å²) in [5.74, 6) is -2.40. The van der Waals surface area contributed by atoms with Crippen LogP contribution in [0.25, 0.3) is 0 Å². The molecule has 1 aromatic carbocycles. The summed E-state index contributed by atoms with van der Waals surface area (Å²) >= 11 is 0. The Morgan fingerprint density at radius 3 is 2.53 bits per heavy atom. The molecule has 1 aliphatic heterocycles. The number of rotatable bonds is 2. The molecule has 17 heavy (non-hydrogen) atoms. The average molecular weight is 230 g/mol. The van der Waals surface area contributed by atoms with Crippen molar-refractivity contribution < 1.29 is 14.7 Å². The monoisotopic (exact) mass is 230 g/mol. The van der Waals surface area contributed by atoms with Crippen LogP contribution in [-0.4, -0.2) is 23.5 Å². The summed E-state index contributed by atoms with van der Waals surface area (Å²) < 4.78 is 0. The zero-order valence-electron chi connectivity index (χ0n) is 8.96. The van der Waals surface area contributed by atoms with Crippen molar-refractivity contribution in [3.05, 3.63) is 29.8 Å². The van der Waals surface area contributed by atoms with Gasteiger partial charge in [0.1, 0.15) is 5.92 Å². The van der Waals surface area contributed by atoms with Gasteiger partial charge in [0.15, 0.2) is 0 Å². The van der Waals surface area contributed by atoms with Crippen LogP contribution in [0.3, 0.4) is 0 Å². The lowest BCUT2D eigenvalue weighted by Gasteiger charge is -2.15. The van der Waals surface area contributed by atoms with Gasteiger partial charge in [-0.3, -0.25) is 9.59 Å². The first-order valence-corrected chi connectivity index (χ1v) is 5.18. The molecule has 0 aromatic heterocycles. The van der Waals surface area contributed by atoms with E-state index in [0.717, 1.165) is 0 Å². The number of anilines is 1. The van der Waals surface area contributed by atoms with Crippen molar-refractivity contribution in [1.82, 2.24) is 0 Å². The van der Waals surface area contributed by atoms with E-state index in [2.05, 4.69) is 0 Å². The number of carbonyl (C=O) groups is 2. The fourth-order valence-electron chi connectivity index (χ4n) is 1.88. The molecule has 0 spiro atoms. The first-order chi connectivity index (χ1) is 8.13. The second-order valence-electron chi connectivity index (χ2n) is 3.83. The molecule has 1 unspecified atom stereocenters. The van der Waals surface area contributed by atoms with E-state index in [1.807, 2.05) is 6.07 Å². The molecule has 0 bridgehead atoms. The molecule has 1 atom stereocenters. The van der Waals surface area contributed by atoms with Crippen LogP contribution >= 0.6 is 0 Å². The lowest BCUT2D eigenvalue weighted by molar-refractivity contribution is -0.144. The topological polar surface area (TPSA) is 81.4 Å². The van der Waals surface area contributed by atoms with Crippen LogP contribution in [0.1, 0.15) is 12.0 Å². The average Bonchev–Trinajstić information content (AvgIpc) is 2.71. The van der Waals surface area contributed by atoms with E-state index in [1.54, 1.807) is 24.3 Å². The van der Waals surface area contributed by atoms with Crippen LogP contribution in [0.2, 0.25) is 0 Å². The third-order valence-corrected chi connectivity index (χ3v) is 2.81. The quantitative estimate of drug-likeness (QED) is 0.768. The number of benzene rings is 1. The summed E-state index contributed by atoms with van der Waals surface area (Å²) in [6.07, 6.45) is 0.328. The van der Waals surface area contributed by atoms with Gasteiger partial charge in [0.25, 0.3) is 0 Å². The zero-order chi connectivity index (χ0) is 12.4. The molecule has 1 fully saturated rings. The predicted octanol–water partition coefficient (Wildman–Crippen LogP) is 0.996. The van der Waals surface area contributed by atoms with E-state index >= 15 is 0 Å². The van der Waals surface area contributed by atoms with E-state index in [0.29, 0.717) is 24.2 Å². The normalized spacial score (nSPS) is 19.1. The highest BCUT2D eigenvalue weighted by molar-refractivity contribution is 6.07. The lowest BCUT2D eigenvalue weighted by Crippen LogP contribution is -2.30. The van der Waals surface area contributed by atoms with Crippen molar-refractivity contribution in [1.29, 1.82) is 5.26 Å². The third kappa shape index (κ3) is 1.97. The molecule has 1 heterocycles. The van der Waals surface area contributed by atoms with E-state index in [-0.39, 0.29) is 5.91 Å². The summed E-state index contributed by atoms with van der Waals surface area (Å²) in [5.41, 5.74) is 1.15. The number of aliphatic carboxylic acids is 1. The molecule has 1 aromatic rings. The van der Waals surface area contributed by atoms with Crippen molar-refractivity contribution >= 4 is 17.6 Å². The van der Waals surface area contributed by atoms with E-state index in [1.165, 1.54) is 4.90 Å². The lowest BCUT2D eigenvalue weighted by atomic mass is 10.1. The van der Waals surface area contributed by atoms with Crippen LogP contribution in [0.15, 0.2) is 24.3 Å². The van der Waals surface area contributed by atoms with Crippen molar-refractivity contribution in [2.24, 2.45) is 5.92 Å². The van der Waals surface area contributed by atoms with Gasteiger partial charge in [-0.05, 0) is 30.7 Å². The van der Waals surface area contributed by atoms with Crippen LogP contribution in [0.4, 0.5) is 5.69 Å². The highest BCUT2D eigenvalue weighted by atomic mass is 16.4. The van der Waals surface area contributed by atoms with Gasteiger partial charge < -0.3 is 10.0 Å². The summed E-state index contributed by atoms with van der Waals surface area (Å²) in [6, 6.07) is 8.51. The fraction of sp³-hybridized carbons (Fsp3) is 0.250. The standard InChI is InChI=1S/C12H10N2O3/c13-7-8-1-3-9(4-2-8)14-6-5-10(11(14)15)12(16)17/h1-4,10H,5-6H2,(H,16,17). The van der Waals surface area contributed by atoms with Gasteiger partial charge in [0, 0.05) is 12.2 Å². The molecule has 86 valence electrons. The molecule has 5 nitrogen and oxygen atoms in total. The highest BCUT2D eigenvalue weighted by Gasteiger charge is 2.37. The smallest absolute Gasteiger partial charge is 0.316 e. The molecule has 0 saturated carbocycles. The Kier molecular flexibility index (Phi) is 2.79. The highest BCUT2D eigenvalue weighted by Crippen LogP contribution is 2.25. The Morgan fingerprint density at radius 1 is 1.41 bits per heavy atom. The molecule has 0 radical (unpaired) electrons. The van der Waals surface area contributed by atoms with E-state index in [9.17, 15) is 9.59 Å². The molecule has 2 rings (SSSR count). The number of carboxylic acid groups (broad SMARTS) is 1. The van der Waals surface area contributed by atoms with Crippen molar-refractivity contribution in [2.45, 2.75) is 6.42 Å². The molecule has 1 N–H and O–H groups in total. The molecule has 1 amide bonds. The van der Waals surface area contributed by atoms with Gasteiger partial charge in [0.05, 0.1) is 11.6 Å². The van der Waals surface area contributed by atoms with Gasteiger partial charge in [-0.2, -0.15) is 5.26 Å². The number of carbonyl (C=O) groups excluding carboxylic acids is 1. The van der Waals surface area contributed by atoms with Gasteiger partial charge in [-0.25, -0.2) is 0 Å². The zero-order valence-corrected chi connectivity index (χ0v) is 8.96. The maximum atomic E-state index is 11.8. The van der Waals surface area contributed by atoms with Gasteiger partial charge in [0.2, 0.25) is 5.91 Å². The minimum Gasteiger partial charge on any atom is -0.481 e. The Labute approximate surface area is 97.9 Å². The van der Waals surface area contributed by atoms with Crippen molar-refractivity contribution in [2.75, 3.05) is 11.4 Å². The predicted molar refractivity (Wildman–Crippen MR) is 59.3 cm³/mol. The minimum absolute atomic E-state index is 0.328. The Morgan fingerprint density at radius 2 is 2.06 bits per heavy atom. The maximum Gasteiger partial charge on any atom is 0.316 e. The van der Waals surface area contributed by atoms with Gasteiger partial charge in [-0.1, -0.05) is 0 Å². The summed E-state index contributed by atoms with van der Waals surface area (Å²) in [4.78, 5) is 24.0. The Hall–Kier alpha value is -2.35. The first-order valence-electron chi connectivity index (χ1n) is 5.18. The third-order valence-electron chi connectivity index (χ3n) is 2.81. The second kappa shape index (κ2) is 4.26. The largest absolute Gasteiger partial charge is 0.481 e. The van der Waals surface area contributed by atoms with Crippen LogP contribution in [-0.2, 0) is 9.59 Å². The van der Waals surface area contributed by atoms with E-state index in [4.69, 9.17) is 10.4 Å². The molecule has 5 heteroatoms. The Bertz CT molecular complexity index is 501. The van der Waals surface area contributed by atoms with Crippen LogP contribution in [0, 0.1) is 17.2 Å². The maximum absolute atomic E-state index is 11.8. The van der Waals surface area contributed by atoms with Crippen LogP contribution in [0.5, 0.6) is 0 Å². The number of hydrogen-bond donors (Lipinski definition) is 1. The minimum atomic E-state index is -1.08. The number of amides is 1. The van der Waals surface area contributed by atoms with E-state index < -0.39 is 11.9 Å². The second-order valence-corrected chi connectivity index (χ2v) is 3.83.